The van der Waals surface area contributed by atoms with Crippen LogP contribution in [0.5, 0.6) is 0 Å². The zero-order valence-corrected chi connectivity index (χ0v) is 19.4. The van der Waals surface area contributed by atoms with E-state index in [0.717, 1.165) is 6.42 Å². The number of hydrogen-bond donors (Lipinski definition) is 1. The van der Waals surface area contributed by atoms with Crippen molar-refractivity contribution < 1.29 is 21.7 Å². The maximum absolute atomic E-state index is 12.6. The molecule has 1 unspecified atom stereocenters. The molecule has 0 aliphatic heterocycles. The number of quaternary nitrogens is 1. The van der Waals surface area contributed by atoms with E-state index in [1.54, 1.807) is 0 Å². The van der Waals surface area contributed by atoms with E-state index < -0.39 is 0 Å². The first kappa shape index (κ1) is 26.9. The molecule has 0 bridgehead atoms. The van der Waals surface area contributed by atoms with E-state index in [1.165, 1.54) is 69.8 Å². The minimum absolute atomic E-state index is 0. The van der Waals surface area contributed by atoms with Gasteiger partial charge in [0.05, 0.1) is 14.1 Å². The first-order chi connectivity index (χ1) is 13.0. The van der Waals surface area contributed by atoms with E-state index in [4.69, 9.17) is 0 Å². The molecule has 1 aromatic carbocycles. The fourth-order valence-electron chi connectivity index (χ4n) is 3.86. The van der Waals surface area contributed by atoms with Gasteiger partial charge in [-0.3, -0.25) is 0 Å². The number of unbranched alkanes of at least 4 members (excludes halogenated alkanes) is 9. The summed E-state index contributed by atoms with van der Waals surface area (Å²) >= 11 is 0. The molecule has 0 aliphatic carbocycles. The number of carbonyl (C=O) groups is 1. The maximum Gasteiger partial charge on any atom is 0.416 e. The molecule has 0 heterocycles. The Bertz CT molecular complexity index is 505. The second-order valence-electron chi connectivity index (χ2n) is 8.27. The van der Waals surface area contributed by atoms with Gasteiger partial charge < -0.3 is 17.7 Å². The van der Waals surface area contributed by atoms with Crippen LogP contribution in [0.3, 0.4) is 0 Å². The van der Waals surface area contributed by atoms with Gasteiger partial charge in [0.15, 0.2) is 0 Å². The van der Waals surface area contributed by atoms with E-state index in [0.29, 0.717) is 11.0 Å². The standard InChI is InChI=1S/C24H42N2O.ClH/c1-5-7-8-9-10-11-12-13-14-18-21-23(22-19-16-15-17-20-22)26(3,4)24(27)25-6-2;/h15-17,19-20,23H,5-14,18,21H2,1-4H3;1H. The quantitative estimate of drug-likeness (QED) is 0.366. The molecule has 0 aromatic heterocycles. The molecule has 1 aromatic rings. The van der Waals surface area contributed by atoms with Gasteiger partial charge >= 0.3 is 6.03 Å². The summed E-state index contributed by atoms with van der Waals surface area (Å²) in [6, 6.07) is 10.9. The average molecular weight is 411 g/mol. The Balaban J connectivity index is 0.00000729. The van der Waals surface area contributed by atoms with Crippen LogP contribution in [0.4, 0.5) is 4.79 Å². The van der Waals surface area contributed by atoms with Crippen molar-refractivity contribution in [3.8, 4) is 0 Å². The van der Waals surface area contributed by atoms with Crippen LogP contribution in [-0.4, -0.2) is 31.2 Å². The van der Waals surface area contributed by atoms with Gasteiger partial charge in [-0.15, -0.1) is 0 Å². The zero-order chi connectivity index (χ0) is 20.0. The summed E-state index contributed by atoms with van der Waals surface area (Å²) in [6.45, 7) is 4.94. The predicted molar refractivity (Wildman–Crippen MR) is 117 cm³/mol. The molecule has 1 N–H and O–H groups in total. The lowest BCUT2D eigenvalue weighted by Crippen LogP contribution is -3.00. The largest absolute Gasteiger partial charge is 1.00 e. The first-order valence-electron chi connectivity index (χ1n) is 11.2. The van der Waals surface area contributed by atoms with Crippen LogP contribution >= 0.6 is 0 Å². The van der Waals surface area contributed by atoms with Gasteiger partial charge in [0, 0.05) is 18.5 Å². The van der Waals surface area contributed by atoms with Crippen LogP contribution in [0.1, 0.15) is 96.1 Å². The molecule has 1 atom stereocenters. The second-order valence-corrected chi connectivity index (χ2v) is 8.27. The van der Waals surface area contributed by atoms with Gasteiger partial charge in [-0.1, -0.05) is 95.0 Å². The van der Waals surface area contributed by atoms with E-state index in [9.17, 15) is 4.79 Å². The molecule has 0 fully saturated rings. The van der Waals surface area contributed by atoms with E-state index in [2.05, 4.69) is 36.5 Å². The number of hydrogen-bond acceptors (Lipinski definition) is 1. The van der Waals surface area contributed by atoms with Gasteiger partial charge in [0.2, 0.25) is 0 Å². The highest BCUT2D eigenvalue weighted by molar-refractivity contribution is 5.66. The molecular formula is C24H43ClN2O. The summed E-state index contributed by atoms with van der Waals surface area (Å²) in [5, 5.41) is 3.01. The first-order valence-corrected chi connectivity index (χ1v) is 11.2. The molecule has 3 nitrogen and oxygen atoms in total. The minimum Gasteiger partial charge on any atom is -1.00 e. The molecule has 4 heteroatoms. The molecule has 0 saturated heterocycles. The number of nitrogens with zero attached hydrogens (tertiary/aromatic N) is 1. The number of benzene rings is 1. The fourth-order valence-corrected chi connectivity index (χ4v) is 3.86. The highest BCUT2D eigenvalue weighted by Gasteiger charge is 2.36. The van der Waals surface area contributed by atoms with Crippen molar-refractivity contribution in [2.45, 2.75) is 90.5 Å². The highest BCUT2D eigenvalue weighted by Crippen LogP contribution is 2.31. The van der Waals surface area contributed by atoms with Gasteiger partial charge in [0.25, 0.3) is 0 Å². The van der Waals surface area contributed by atoms with Crippen molar-refractivity contribution in [3.63, 3.8) is 0 Å². The lowest BCUT2D eigenvalue weighted by molar-refractivity contribution is -0.843. The maximum atomic E-state index is 12.6. The van der Waals surface area contributed by atoms with Gasteiger partial charge in [0.1, 0.15) is 6.04 Å². The van der Waals surface area contributed by atoms with Crippen molar-refractivity contribution in [1.29, 1.82) is 0 Å². The average Bonchev–Trinajstić information content (AvgIpc) is 2.67. The summed E-state index contributed by atoms with van der Waals surface area (Å²) in [4.78, 5) is 12.6. The third kappa shape index (κ3) is 9.93. The van der Waals surface area contributed by atoms with Crippen molar-refractivity contribution >= 4 is 6.03 Å². The molecule has 0 saturated carbocycles. The summed E-state index contributed by atoms with van der Waals surface area (Å²) in [6.07, 6.45) is 14.5. The SMILES string of the molecule is CCCCCCCCCCCCC(c1ccccc1)[N+](C)(C)C(=O)NCC.[Cl-]. The Morgan fingerprint density at radius 3 is 1.86 bits per heavy atom. The Morgan fingerprint density at radius 1 is 0.857 bits per heavy atom. The molecule has 28 heavy (non-hydrogen) atoms. The number of nitrogens with one attached hydrogen (secondary N) is 1. The zero-order valence-electron chi connectivity index (χ0n) is 18.7. The Hall–Kier alpha value is -1.06. The number of halogens is 1. The van der Waals surface area contributed by atoms with Crippen LogP contribution < -0.4 is 17.7 Å². The van der Waals surface area contributed by atoms with Gasteiger partial charge in [-0.25, -0.2) is 9.28 Å². The number of urea groups is 1. The monoisotopic (exact) mass is 410 g/mol. The Labute approximate surface area is 180 Å². The lowest BCUT2D eigenvalue weighted by Gasteiger charge is -2.35. The molecule has 2 amide bonds. The van der Waals surface area contributed by atoms with Gasteiger partial charge in [-0.05, 0) is 13.3 Å². The molecule has 1 rings (SSSR count). The van der Waals surface area contributed by atoms with Crippen LogP contribution in [0.2, 0.25) is 0 Å². The van der Waals surface area contributed by atoms with E-state index in [1.807, 2.05) is 27.1 Å². The summed E-state index contributed by atoms with van der Waals surface area (Å²) in [5.74, 6) is 0. The van der Waals surface area contributed by atoms with Crippen molar-refractivity contribution in [1.82, 2.24) is 5.32 Å². The smallest absolute Gasteiger partial charge is 0.416 e. The number of rotatable bonds is 14. The highest BCUT2D eigenvalue weighted by atomic mass is 35.5. The summed E-state index contributed by atoms with van der Waals surface area (Å²) < 4.78 is 0.370. The Kier molecular flexibility index (Phi) is 15.2. The number of carbonyl (C=O) groups excluding carboxylic acids is 1. The molecule has 0 aliphatic rings. The lowest BCUT2D eigenvalue weighted by atomic mass is 9.97. The molecule has 162 valence electrons. The van der Waals surface area contributed by atoms with Crippen molar-refractivity contribution in [2.24, 2.45) is 0 Å². The van der Waals surface area contributed by atoms with Crippen LogP contribution in [0.15, 0.2) is 30.3 Å². The van der Waals surface area contributed by atoms with Gasteiger partial charge in [-0.2, -0.15) is 0 Å². The summed E-state index contributed by atoms with van der Waals surface area (Å²) in [5.41, 5.74) is 1.27. The van der Waals surface area contributed by atoms with Crippen LogP contribution in [0.25, 0.3) is 0 Å². The van der Waals surface area contributed by atoms with E-state index in [-0.39, 0.29) is 24.5 Å². The molecule has 0 radical (unpaired) electrons. The van der Waals surface area contributed by atoms with Crippen LogP contribution in [0, 0.1) is 0 Å². The molecular weight excluding hydrogens is 368 g/mol. The molecule has 0 spiro atoms. The van der Waals surface area contributed by atoms with Crippen molar-refractivity contribution in [2.75, 3.05) is 20.6 Å². The topological polar surface area (TPSA) is 29.1 Å². The third-order valence-electron chi connectivity index (χ3n) is 5.65. The van der Waals surface area contributed by atoms with Crippen LogP contribution in [-0.2, 0) is 0 Å². The fraction of sp³-hybridized carbons (Fsp3) is 0.708. The van der Waals surface area contributed by atoms with Crippen molar-refractivity contribution in [3.05, 3.63) is 35.9 Å². The predicted octanol–water partition coefficient (Wildman–Crippen LogP) is 3.85. The van der Waals surface area contributed by atoms with E-state index >= 15 is 0 Å². The Morgan fingerprint density at radius 2 is 1.36 bits per heavy atom. The summed E-state index contributed by atoms with van der Waals surface area (Å²) in [7, 11) is 4.08. The third-order valence-corrected chi connectivity index (χ3v) is 5.65. The normalized spacial score (nSPS) is 12.3. The second kappa shape index (κ2) is 15.8. The minimum atomic E-state index is 0. The number of amides is 2.